The highest BCUT2D eigenvalue weighted by Gasteiger charge is 2.13. The number of halogens is 3. The minimum absolute atomic E-state index is 0.174. The Morgan fingerprint density at radius 3 is 2.20 bits per heavy atom. The summed E-state index contributed by atoms with van der Waals surface area (Å²) in [5.74, 6) is -3.69. The van der Waals surface area contributed by atoms with E-state index in [1.165, 1.54) is 5.38 Å². The monoisotopic (exact) mass is 230 g/mol. The second-order valence-corrected chi connectivity index (χ2v) is 3.69. The van der Waals surface area contributed by atoms with Crippen LogP contribution in [0.5, 0.6) is 0 Å². The molecule has 0 radical (unpaired) electrons. The maximum atomic E-state index is 12.9. The molecule has 0 atom stereocenters. The van der Waals surface area contributed by atoms with Crippen molar-refractivity contribution in [1.82, 2.24) is 4.98 Å². The van der Waals surface area contributed by atoms with E-state index in [2.05, 4.69) is 4.98 Å². The summed E-state index contributed by atoms with van der Waals surface area (Å²) < 4.78 is 38.4. The molecule has 0 saturated heterocycles. The summed E-state index contributed by atoms with van der Waals surface area (Å²) in [7, 11) is 0. The van der Waals surface area contributed by atoms with E-state index in [0.29, 0.717) is 5.01 Å². The average molecular weight is 230 g/mol. The van der Waals surface area contributed by atoms with Crippen molar-refractivity contribution >= 4 is 17.2 Å². The van der Waals surface area contributed by atoms with Gasteiger partial charge in [0.25, 0.3) is 0 Å². The lowest BCUT2D eigenvalue weighted by atomic mass is 10.2. The van der Waals surface area contributed by atoms with Crippen molar-refractivity contribution in [3.8, 4) is 10.6 Å². The first kappa shape index (κ1) is 9.97. The second-order valence-electron chi connectivity index (χ2n) is 2.83. The van der Waals surface area contributed by atoms with Crippen molar-refractivity contribution in [3.05, 3.63) is 35.0 Å². The number of benzene rings is 1. The van der Waals surface area contributed by atoms with Crippen molar-refractivity contribution in [3.63, 3.8) is 0 Å². The van der Waals surface area contributed by atoms with E-state index in [1.54, 1.807) is 0 Å². The van der Waals surface area contributed by atoms with Gasteiger partial charge in [-0.2, -0.15) is 0 Å². The quantitative estimate of drug-likeness (QED) is 0.765. The molecule has 2 rings (SSSR count). The number of nitrogens with two attached hydrogens (primary N) is 1. The zero-order valence-corrected chi connectivity index (χ0v) is 8.12. The van der Waals surface area contributed by atoms with Crippen molar-refractivity contribution in [2.45, 2.75) is 0 Å². The molecular weight excluding hydrogens is 225 g/mol. The molecule has 1 heterocycles. The van der Waals surface area contributed by atoms with E-state index < -0.39 is 17.5 Å². The minimum Gasteiger partial charge on any atom is -0.383 e. The van der Waals surface area contributed by atoms with Crippen molar-refractivity contribution in [1.29, 1.82) is 0 Å². The van der Waals surface area contributed by atoms with Gasteiger partial charge in [0.15, 0.2) is 17.5 Å². The molecule has 0 fully saturated rings. The fourth-order valence-electron chi connectivity index (χ4n) is 1.10. The summed E-state index contributed by atoms with van der Waals surface area (Å²) in [6.07, 6.45) is 0. The van der Waals surface area contributed by atoms with Gasteiger partial charge in [0.05, 0.1) is 0 Å². The molecule has 15 heavy (non-hydrogen) atoms. The van der Waals surface area contributed by atoms with Crippen LogP contribution in [0.1, 0.15) is 0 Å². The number of anilines is 1. The number of nitrogen functional groups attached to an aromatic ring is 1. The summed E-state index contributed by atoms with van der Waals surface area (Å²) in [4.78, 5) is 3.83. The Hall–Kier alpha value is -1.56. The summed E-state index contributed by atoms with van der Waals surface area (Å²) in [5.41, 5.74) is 5.53. The van der Waals surface area contributed by atoms with Crippen LogP contribution >= 0.6 is 11.3 Å². The van der Waals surface area contributed by atoms with Gasteiger partial charge in [0.1, 0.15) is 10.8 Å². The molecular formula is C9H5F3N2S. The van der Waals surface area contributed by atoms with Crippen LogP contribution in [-0.4, -0.2) is 4.98 Å². The molecule has 0 aliphatic rings. The molecule has 6 heteroatoms. The Balaban J connectivity index is 2.55. The number of hydrogen-bond acceptors (Lipinski definition) is 3. The molecule has 0 aliphatic carbocycles. The lowest BCUT2D eigenvalue weighted by Crippen LogP contribution is -1.92. The summed E-state index contributed by atoms with van der Waals surface area (Å²) in [5, 5.41) is 1.89. The van der Waals surface area contributed by atoms with Crippen LogP contribution in [0.2, 0.25) is 0 Å². The second kappa shape index (κ2) is 3.54. The Morgan fingerprint density at radius 2 is 1.73 bits per heavy atom. The molecule has 0 amide bonds. The first-order valence-electron chi connectivity index (χ1n) is 3.94. The summed E-state index contributed by atoms with van der Waals surface area (Å²) in [6, 6.07) is 1.77. The van der Waals surface area contributed by atoms with Gasteiger partial charge in [0, 0.05) is 10.9 Å². The lowest BCUT2D eigenvalue weighted by molar-refractivity contribution is 0.447. The molecule has 2 aromatic rings. The molecule has 0 spiro atoms. The highest BCUT2D eigenvalue weighted by Crippen LogP contribution is 2.27. The number of thiazole rings is 1. The Kier molecular flexibility index (Phi) is 2.36. The minimum atomic E-state index is -1.48. The van der Waals surface area contributed by atoms with Gasteiger partial charge in [-0.15, -0.1) is 11.3 Å². The first-order chi connectivity index (χ1) is 7.08. The van der Waals surface area contributed by atoms with Gasteiger partial charge in [0.2, 0.25) is 0 Å². The largest absolute Gasteiger partial charge is 0.383 e. The standard InChI is InChI=1S/C9H5F3N2S/c10-5-1-4(2-6(11)8(5)12)9-14-7(13)3-15-9/h1-3H,13H2. The van der Waals surface area contributed by atoms with Gasteiger partial charge in [-0.1, -0.05) is 0 Å². The van der Waals surface area contributed by atoms with Crippen LogP contribution in [0.4, 0.5) is 19.0 Å². The number of aromatic nitrogens is 1. The molecule has 0 saturated carbocycles. The van der Waals surface area contributed by atoms with Crippen LogP contribution < -0.4 is 5.73 Å². The summed E-state index contributed by atoms with van der Waals surface area (Å²) >= 11 is 1.13. The van der Waals surface area contributed by atoms with Crippen LogP contribution in [0.25, 0.3) is 10.6 Å². The smallest absolute Gasteiger partial charge is 0.194 e. The first-order valence-corrected chi connectivity index (χ1v) is 4.82. The Labute approximate surface area is 87.2 Å². The van der Waals surface area contributed by atoms with Crippen molar-refractivity contribution in [2.75, 3.05) is 5.73 Å². The predicted molar refractivity (Wildman–Crippen MR) is 51.8 cm³/mol. The Morgan fingerprint density at radius 1 is 1.13 bits per heavy atom. The maximum absolute atomic E-state index is 12.9. The van der Waals surface area contributed by atoms with Crippen LogP contribution in [0, 0.1) is 17.5 Å². The van der Waals surface area contributed by atoms with E-state index >= 15 is 0 Å². The fourth-order valence-corrected chi connectivity index (χ4v) is 1.79. The molecule has 0 aliphatic heterocycles. The molecule has 0 unspecified atom stereocenters. The van der Waals surface area contributed by atoms with Crippen molar-refractivity contribution in [2.24, 2.45) is 0 Å². The number of nitrogens with zero attached hydrogens (tertiary/aromatic N) is 1. The van der Waals surface area contributed by atoms with Gasteiger partial charge < -0.3 is 5.73 Å². The van der Waals surface area contributed by atoms with Gasteiger partial charge in [-0.05, 0) is 12.1 Å². The zero-order valence-electron chi connectivity index (χ0n) is 7.30. The van der Waals surface area contributed by atoms with E-state index in [-0.39, 0.29) is 11.4 Å². The van der Waals surface area contributed by atoms with Crippen LogP contribution in [-0.2, 0) is 0 Å². The third-order valence-corrected chi connectivity index (χ3v) is 2.66. The van der Waals surface area contributed by atoms with E-state index in [0.717, 1.165) is 23.5 Å². The zero-order chi connectivity index (χ0) is 11.0. The maximum Gasteiger partial charge on any atom is 0.194 e. The molecule has 0 bridgehead atoms. The third kappa shape index (κ3) is 1.80. The molecule has 2 nitrogen and oxygen atoms in total. The number of rotatable bonds is 1. The van der Waals surface area contributed by atoms with E-state index in [9.17, 15) is 13.2 Å². The van der Waals surface area contributed by atoms with Gasteiger partial charge >= 0.3 is 0 Å². The molecule has 1 aromatic heterocycles. The highest BCUT2D eigenvalue weighted by atomic mass is 32.1. The van der Waals surface area contributed by atoms with E-state index in [4.69, 9.17) is 5.73 Å². The van der Waals surface area contributed by atoms with Crippen LogP contribution in [0.15, 0.2) is 17.5 Å². The van der Waals surface area contributed by atoms with E-state index in [1.807, 2.05) is 0 Å². The average Bonchev–Trinajstić information content (AvgIpc) is 2.60. The topological polar surface area (TPSA) is 38.9 Å². The predicted octanol–water partition coefficient (Wildman–Crippen LogP) is 2.81. The summed E-state index contributed by atoms with van der Waals surface area (Å²) in [6.45, 7) is 0. The van der Waals surface area contributed by atoms with Crippen molar-refractivity contribution < 1.29 is 13.2 Å². The molecule has 78 valence electrons. The third-order valence-electron chi connectivity index (χ3n) is 1.75. The molecule has 1 aromatic carbocycles. The van der Waals surface area contributed by atoms with Crippen LogP contribution in [0.3, 0.4) is 0 Å². The molecule has 2 N–H and O–H groups in total. The fraction of sp³-hybridized carbons (Fsp3) is 0. The lowest BCUT2D eigenvalue weighted by Gasteiger charge is -1.99. The number of hydrogen-bond donors (Lipinski definition) is 1. The SMILES string of the molecule is Nc1csc(-c2cc(F)c(F)c(F)c2)n1. The van der Waals surface area contributed by atoms with Gasteiger partial charge in [-0.3, -0.25) is 0 Å². The highest BCUT2D eigenvalue weighted by molar-refractivity contribution is 7.13. The Bertz CT molecular complexity index is 487. The normalized spacial score (nSPS) is 10.6. The van der Waals surface area contributed by atoms with Gasteiger partial charge in [-0.25, -0.2) is 18.2 Å².